The van der Waals surface area contributed by atoms with Gasteiger partial charge < -0.3 is 5.21 Å². The van der Waals surface area contributed by atoms with Gasteiger partial charge in [-0.15, -0.1) is 0 Å². The Labute approximate surface area is 75.6 Å². The minimum absolute atomic E-state index is 0.376. The lowest BCUT2D eigenvalue weighted by atomic mass is 10.1. The summed E-state index contributed by atoms with van der Waals surface area (Å²) in [6, 6.07) is 0. The molecule has 1 aliphatic carbocycles. The Balaban J connectivity index is 2.64. The quantitative estimate of drug-likeness (QED) is 0.348. The van der Waals surface area contributed by atoms with Gasteiger partial charge in [-0.3, -0.25) is 0 Å². The van der Waals surface area contributed by atoms with E-state index < -0.39 is 0 Å². The highest BCUT2D eigenvalue weighted by Crippen LogP contribution is 2.34. The molecule has 0 bridgehead atoms. The van der Waals surface area contributed by atoms with Crippen molar-refractivity contribution in [3.05, 3.63) is 27.9 Å². The van der Waals surface area contributed by atoms with Gasteiger partial charge in [0, 0.05) is 6.42 Å². The molecule has 2 rings (SSSR count). The molecule has 0 N–H and O–H groups in total. The molecule has 0 saturated heterocycles. The van der Waals surface area contributed by atoms with E-state index in [2.05, 4.69) is 11.9 Å². The molecule has 0 fully saturated rings. The molecule has 4 heteroatoms. The zero-order valence-corrected chi connectivity index (χ0v) is 7.51. The average Bonchev–Trinajstić information content (AvgIpc) is 2.42. The predicted molar refractivity (Wildman–Crippen MR) is 44.9 cm³/mol. The highest BCUT2D eigenvalue weighted by atomic mass is 35.5. The van der Waals surface area contributed by atoms with Crippen LogP contribution in [0, 0.1) is 5.21 Å². The van der Waals surface area contributed by atoms with Crippen LogP contribution < -0.4 is 4.73 Å². The summed E-state index contributed by atoms with van der Waals surface area (Å²) < 4.78 is 0.824. The molecule has 64 valence electrons. The second-order valence-electron chi connectivity index (χ2n) is 3.16. The van der Waals surface area contributed by atoms with Gasteiger partial charge in [0.25, 0.3) is 6.33 Å². The number of hydrogen-bond donors (Lipinski definition) is 0. The summed E-state index contributed by atoms with van der Waals surface area (Å²) in [5, 5.41) is 11.7. The maximum absolute atomic E-state index is 11.2. The molecule has 0 saturated carbocycles. The lowest BCUT2D eigenvalue weighted by Gasteiger charge is -2.06. The molecule has 0 amide bonds. The standard InChI is InChI=1S/C8H9ClN2O/c1-5-2-3-6-7(5)8(9)10-4-11(6)12/h4-5H,2-3H2,1H3. The van der Waals surface area contributed by atoms with Crippen molar-refractivity contribution in [2.45, 2.75) is 25.7 Å². The van der Waals surface area contributed by atoms with Gasteiger partial charge in [0.1, 0.15) is 5.69 Å². The molecule has 0 aliphatic heterocycles. The van der Waals surface area contributed by atoms with Gasteiger partial charge in [0.05, 0.1) is 5.56 Å². The van der Waals surface area contributed by atoms with Crippen molar-refractivity contribution in [1.82, 2.24) is 4.98 Å². The van der Waals surface area contributed by atoms with E-state index in [1.165, 1.54) is 6.33 Å². The van der Waals surface area contributed by atoms with Crippen molar-refractivity contribution < 1.29 is 4.73 Å². The van der Waals surface area contributed by atoms with E-state index in [4.69, 9.17) is 11.6 Å². The van der Waals surface area contributed by atoms with Crippen molar-refractivity contribution in [3.8, 4) is 0 Å². The molecule has 1 aromatic heterocycles. The summed E-state index contributed by atoms with van der Waals surface area (Å²) in [5.74, 6) is 0.376. The minimum Gasteiger partial charge on any atom is -0.711 e. The number of fused-ring (bicyclic) bond motifs is 1. The van der Waals surface area contributed by atoms with E-state index in [1.807, 2.05) is 0 Å². The van der Waals surface area contributed by atoms with E-state index >= 15 is 0 Å². The molecule has 1 atom stereocenters. The number of rotatable bonds is 0. The maximum Gasteiger partial charge on any atom is 0.291 e. The van der Waals surface area contributed by atoms with Crippen molar-refractivity contribution in [3.63, 3.8) is 0 Å². The normalized spacial score (nSPS) is 21.0. The van der Waals surface area contributed by atoms with Crippen molar-refractivity contribution in [2.24, 2.45) is 0 Å². The minimum atomic E-state index is 0.376. The van der Waals surface area contributed by atoms with Crippen LogP contribution in [0.5, 0.6) is 0 Å². The highest BCUT2D eigenvalue weighted by molar-refractivity contribution is 6.30. The van der Waals surface area contributed by atoms with Gasteiger partial charge >= 0.3 is 0 Å². The first kappa shape index (κ1) is 7.80. The second kappa shape index (κ2) is 2.59. The van der Waals surface area contributed by atoms with Crippen LogP contribution in [-0.2, 0) is 6.42 Å². The van der Waals surface area contributed by atoms with Gasteiger partial charge in [0.2, 0.25) is 5.15 Å². The Morgan fingerprint density at radius 3 is 3.17 bits per heavy atom. The van der Waals surface area contributed by atoms with Gasteiger partial charge in [-0.05, 0) is 28.9 Å². The molecule has 1 aliphatic rings. The first-order valence-electron chi connectivity index (χ1n) is 3.96. The predicted octanol–water partition coefficient (Wildman–Crippen LogP) is 1.42. The van der Waals surface area contributed by atoms with Crippen LogP contribution in [0.1, 0.15) is 30.5 Å². The Kier molecular flexibility index (Phi) is 1.68. The van der Waals surface area contributed by atoms with E-state index in [0.717, 1.165) is 28.8 Å². The summed E-state index contributed by atoms with van der Waals surface area (Å²) in [5.41, 5.74) is 1.73. The molecule has 0 radical (unpaired) electrons. The summed E-state index contributed by atoms with van der Waals surface area (Å²) in [7, 11) is 0. The van der Waals surface area contributed by atoms with Crippen LogP contribution in [0.15, 0.2) is 6.33 Å². The molecule has 3 nitrogen and oxygen atoms in total. The molecule has 12 heavy (non-hydrogen) atoms. The third-order valence-electron chi connectivity index (χ3n) is 2.38. The summed E-state index contributed by atoms with van der Waals surface area (Å²) in [4.78, 5) is 3.82. The Hall–Kier alpha value is -0.830. The Morgan fingerprint density at radius 1 is 1.75 bits per heavy atom. The third kappa shape index (κ3) is 0.966. The summed E-state index contributed by atoms with van der Waals surface area (Å²) in [6.45, 7) is 2.07. The average molecular weight is 185 g/mol. The van der Waals surface area contributed by atoms with E-state index in [9.17, 15) is 5.21 Å². The molecule has 1 heterocycles. The number of hydrogen-bond acceptors (Lipinski definition) is 2. The third-order valence-corrected chi connectivity index (χ3v) is 2.68. The molecule has 1 aromatic rings. The zero-order valence-electron chi connectivity index (χ0n) is 6.75. The van der Waals surface area contributed by atoms with Crippen LogP contribution in [0.4, 0.5) is 0 Å². The lowest BCUT2D eigenvalue weighted by Crippen LogP contribution is -2.32. The number of halogens is 1. The largest absolute Gasteiger partial charge is 0.711 e. The van der Waals surface area contributed by atoms with Crippen LogP contribution in [0.2, 0.25) is 5.15 Å². The fourth-order valence-corrected chi connectivity index (χ4v) is 2.05. The number of nitrogens with zero attached hydrogens (tertiary/aromatic N) is 2. The Morgan fingerprint density at radius 2 is 2.50 bits per heavy atom. The van der Waals surface area contributed by atoms with E-state index in [1.54, 1.807) is 0 Å². The molecule has 1 unspecified atom stereocenters. The molecular formula is C8H9ClN2O. The van der Waals surface area contributed by atoms with Gasteiger partial charge in [-0.2, -0.15) is 0 Å². The van der Waals surface area contributed by atoms with Gasteiger partial charge in [0.15, 0.2) is 0 Å². The van der Waals surface area contributed by atoms with Crippen LogP contribution in [0.3, 0.4) is 0 Å². The van der Waals surface area contributed by atoms with Crippen LogP contribution >= 0.6 is 11.6 Å². The van der Waals surface area contributed by atoms with E-state index in [0.29, 0.717) is 11.1 Å². The van der Waals surface area contributed by atoms with E-state index in [-0.39, 0.29) is 0 Å². The lowest BCUT2D eigenvalue weighted by molar-refractivity contribution is -0.617. The Bertz CT molecular complexity index is 327. The SMILES string of the molecule is CC1CCc2c1c(Cl)nc[n+]2[O-]. The van der Waals surface area contributed by atoms with Crippen molar-refractivity contribution in [2.75, 3.05) is 0 Å². The second-order valence-corrected chi connectivity index (χ2v) is 3.52. The van der Waals surface area contributed by atoms with Crippen molar-refractivity contribution in [1.29, 1.82) is 0 Å². The highest BCUT2D eigenvalue weighted by Gasteiger charge is 2.28. The van der Waals surface area contributed by atoms with Gasteiger partial charge in [-0.1, -0.05) is 6.92 Å². The van der Waals surface area contributed by atoms with Crippen LogP contribution in [-0.4, -0.2) is 4.98 Å². The fourth-order valence-electron chi connectivity index (χ4n) is 1.71. The zero-order chi connectivity index (χ0) is 8.72. The topological polar surface area (TPSA) is 39.8 Å². The number of aromatic nitrogens is 2. The molecule has 0 aromatic carbocycles. The summed E-state index contributed by atoms with van der Waals surface area (Å²) in [6.07, 6.45) is 3.06. The smallest absolute Gasteiger partial charge is 0.291 e. The molecular weight excluding hydrogens is 176 g/mol. The first-order valence-corrected chi connectivity index (χ1v) is 4.34. The fraction of sp³-hybridized carbons (Fsp3) is 0.500. The first-order chi connectivity index (χ1) is 5.70. The van der Waals surface area contributed by atoms with Gasteiger partial charge in [-0.25, -0.2) is 4.73 Å². The van der Waals surface area contributed by atoms with Crippen molar-refractivity contribution >= 4 is 11.6 Å². The summed E-state index contributed by atoms with van der Waals surface area (Å²) >= 11 is 5.87. The maximum atomic E-state index is 11.2. The molecule has 0 spiro atoms. The van der Waals surface area contributed by atoms with Crippen LogP contribution in [0.25, 0.3) is 0 Å². The monoisotopic (exact) mass is 184 g/mol.